The number of carbonyl (C=O) groups excluding carboxylic acids is 3. The van der Waals surface area contributed by atoms with Crippen molar-refractivity contribution in [1.82, 2.24) is 16.1 Å². The number of alkyl carbamates (subject to hydrolysis) is 1. The second kappa shape index (κ2) is 11.9. The smallest absolute Gasteiger partial charge is 0.407 e. The van der Waals surface area contributed by atoms with Crippen LogP contribution >= 0.6 is 0 Å². The first kappa shape index (κ1) is 25.1. The summed E-state index contributed by atoms with van der Waals surface area (Å²) in [6.07, 6.45) is 0.628. The molecule has 30 heavy (non-hydrogen) atoms. The van der Waals surface area contributed by atoms with Crippen molar-refractivity contribution in [3.8, 4) is 5.75 Å². The van der Waals surface area contributed by atoms with Crippen molar-refractivity contribution >= 4 is 17.9 Å². The molecule has 0 bridgehead atoms. The van der Waals surface area contributed by atoms with Crippen molar-refractivity contribution in [2.75, 3.05) is 6.54 Å². The molecule has 1 rings (SSSR count). The molecule has 1 aromatic carbocycles. The van der Waals surface area contributed by atoms with Gasteiger partial charge in [-0.1, -0.05) is 12.1 Å². The maximum Gasteiger partial charge on any atom is 0.407 e. The molecule has 0 spiro atoms. The number of nitrogens with one attached hydrogen (secondary N) is 3. The quantitative estimate of drug-likeness (QED) is 0.194. The summed E-state index contributed by atoms with van der Waals surface area (Å²) in [6.45, 7) is 2.45. The van der Waals surface area contributed by atoms with Crippen LogP contribution in [0.3, 0.4) is 0 Å². The number of para-hydroxylation sites is 1. The lowest BCUT2D eigenvalue weighted by molar-refractivity contribution is -0.123. The Morgan fingerprint density at radius 2 is 1.80 bits per heavy atom. The summed E-state index contributed by atoms with van der Waals surface area (Å²) < 4.78 is 34.5. The molecule has 11 heteroatoms. The molecule has 0 fully saturated rings. The summed E-state index contributed by atoms with van der Waals surface area (Å²) in [4.78, 5) is 36.0. The molecule has 3 amide bonds. The molecule has 9 nitrogen and oxygen atoms in total. The molecule has 0 saturated carbocycles. The zero-order chi connectivity index (χ0) is 22.7. The van der Waals surface area contributed by atoms with Crippen molar-refractivity contribution in [1.29, 1.82) is 0 Å². The minimum Gasteiger partial charge on any atom is -0.444 e. The van der Waals surface area contributed by atoms with E-state index in [1.54, 1.807) is 20.8 Å². The van der Waals surface area contributed by atoms with Crippen LogP contribution in [-0.4, -0.2) is 42.7 Å². The van der Waals surface area contributed by atoms with Crippen LogP contribution in [0, 0.1) is 0 Å². The number of nitrogens with two attached hydrogens (primary N) is 1. The lowest BCUT2D eigenvalue weighted by Crippen LogP contribution is -2.49. The third-order valence-electron chi connectivity index (χ3n) is 3.70. The van der Waals surface area contributed by atoms with E-state index < -0.39 is 36.2 Å². The number of hydrogen-bond donors (Lipinski definition) is 4. The Balaban J connectivity index is 2.60. The van der Waals surface area contributed by atoms with Crippen LogP contribution in [-0.2, 0) is 9.53 Å². The van der Waals surface area contributed by atoms with Gasteiger partial charge in [0.2, 0.25) is 0 Å². The van der Waals surface area contributed by atoms with E-state index in [9.17, 15) is 23.2 Å². The molecule has 5 N–H and O–H groups in total. The maximum absolute atomic E-state index is 12.5. The standard InChI is InChI=1S/C19H28F2N4O5/c1-19(2,3)30-18(28)23-11-7-6-9-13(16(27)25-22)24-15(26)12-8-4-5-10-14(12)29-17(20)21/h4-5,8,10,13,17H,6-7,9,11,22H2,1-3H3,(H,23,28)(H,24,26)(H,25,27). The minimum absolute atomic E-state index is 0.140. The number of benzene rings is 1. The van der Waals surface area contributed by atoms with Gasteiger partial charge in [0.25, 0.3) is 11.8 Å². The number of rotatable bonds is 10. The highest BCUT2D eigenvalue weighted by Crippen LogP contribution is 2.20. The van der Waals surface area contributed by atoms with E-state index >= 15 is 0 Å². The van der Waals surface area contributed by atoms with Crippen molar-refractivity contribution in [3.05, 3.63) is 29.8 Å². The first-order chi connectivity index (χ1) is 14.0. The third-order valence-corrected chi connectivity index (χ3v) is 3.70. The number of carbonyl (C=O) groups is 3. The number of unbranched alkanes of at least 4 members (excludes halogenated alkanes) is 1. The molecule has 1 aromatic rings. The fourth-order valence-corrected chi connectivity index (χ4v) is 2.44. The van der Waals surface area contributed by atoms with Gasteiger partial charge in [-0.3, -0.25) is 15.0 Å². The number of halogens is 2. The van der Waals surface area contributed by atoms with Gasteiger partial charge in [-0.25, -0.2) is 10.6 Å². The zero-order valence-corrected chi connectivity index (χ0v) is 17.2. The molecule has 0 aliphatic carbocycles. The number of hydrazine groups is 1. The average Bonchev–Trinajstić information content (AvgIpc) is 2.64. The van der Waals surface area contributed by atoms with E-state index in [0.29, 0.717) is 19.4 Å². The first-order valence-corrected chi connectivity index (χ1v) is 9.35. The molecule has 0 heterocycles. The van der Waals surface area contributed by atoms with Crippen LogP contribution in [0.1, 0.15) is 50.4 Å². The second-order valence-electron chi connectivity index (χ2n) is 7.33. The minimum atomic E-state index is -3.10. The summed E-state index contributed by atoms with van der Waals surface area (Å²) in [5, 5.41) is 5.05. The van der Waals surface area contributed by atoms with Gasteiger partial charge in [0, 0.05) is 6.54 Å². The van der Waals surface area contributed by atoms with Gasteiger partial charge in [0.15, 0.2) is 0 Å². The van der Waals surface area contributed by atoms with Gasteiger partial charge < -0.3 is 20.1 Å². The first-order valence-electron chi connectivity index (χ1n) is 9.35. The Hall–Kier alpha value is -2.95. The molecule has 0 aliphatic rings. The highest BCUT2D eigenvalue weighted by atomic mass is 19.3. The normalized spacial score (nSPS) is 12.1. The largest absolute Gasteiger partial charge is 0.444 e. The number of alkyl halides is 2. The van der Waals surface area contributed by atoms with E-state index in [-0.39, 0.29) is 17.7 Å². The molecule has 1 atom stereocenters. The van der Waals surface area contributed by atoms with E-state index in [1.165, 1.54) is 24.3 Å². The Bertz CT molecular complexity index is 725. The Morgan fingerprint density at radius 3 is 2.40 bits per heavy atom. The molecule has 0 saturated heterocycles. The lowest BCUT2D eigenvalue weighted by Gasteiger charge is -2.20. The van der Waals surface area contributed by atoms with Crippen molar-refractivity contribution in [2.24, 2.45) is 5.84 Å². The highest BCUT2D eigenvalue weighted by Gasteiger charge is 2.23. The molecule has 0 radical (unpaired) electrons. The molecular weight excluding hydrogens is 402 g/mol. The molecule has 168 valence electrons. The number of ether oxygens (including phenoxy) is 2. The average molecular weight is 430 g/mol. The van der Waals surface area contributed by atoms with Gasteiger partial charge in [0.05, 0.1) is 5.56 Å². The summed E-state index contributed by atoms with van der Waals surface area (Å²) in [6, 6.07) is 4.45. The van der Waals surface area contributed by atoms with Crippen molar-refractivity contribution in [2.45, 2.75) is 58.3 Å². The van der Waals surface area contributed by atoms with Crippen LogP contribution in [0.15, 0.2) is 24.3 Å². The topological polar surface area (TPSA) is 132 Å². The SMILES string of the molecule is CC(C)(C)OC(=O)NCCCCC(NC(=O)c1ccccc1OC(F)F)C(=O)NN. The van der Waals surface area contributed by atoms with Crippen LogP contribution in [0.25, 0.3) is 0 Å². The molecular formula is C19H28F2N4O5. The van der Waals surface area contributed by atoms with Crippen molar-refractivity contribution < 1.29 is 32.6 Å². The van der Waals surface area contributed by atoms with Crippen molar-refractivity contribution in [3.63, 3.8) is 0 Å². The second-order valence-corrected chi connectivity index (χ2v) is 7.33. The summed E-state index contributed by atoms with van der Waals surface area (Å²) in [5.74, 6) is 3.46. The van der Waals surface area contributed by atoms with E-state index in [0.717, 1.165) is 0 Å². The van der Waals surface area contributed by atoms with Gasteiger partial charge in [0.1, 0.15) is 17.4 Å². The van der Waals surface area contributed by atoms with Crippen LogP contribution in [0.2, 0.25) is 0 Å². The Morgan fingerprint density at radius 1 is 1.13 bits per heavy atom. The predicted octanol–water partition coefficient (Wildman–Crippen LogP) is 2.07. The van der Waals surface area contributed by atoms with Gasteiger partial charge in [-0.05, 0) is 52.2 Å². The van der Waals surface area contributed by atoms with Gasteiger partial charge >= 0.3 is 12.7 Å². The fourth-order valence-electron chi connectivity index (χ4n) is 2.44. The van der Waals surface area contributed by atoms with E-state index in [1.807, 2.05) is 5.43 Å². The number of amides is 3. The monoisotopic (exact) mass is 430 g/mol. The Kier molecular flexibility index (Phi) is 9.96. The van der Waals surface area contributed by atoms with E-state index in [2.05, 4.69) is 15.4 Å². The van der Waals surface area contributed by atoms with Gasteiger partial charge in [-0.15, -0.1) is 0 Å². The van der Waals surface area contributed by atoms with Gasteiger partial charge in [-0.2, -0.15) is 8.78 Å². The third kappa shape index (κ3) is 9.50. The number of hydrogen-bond acceptors (Lipinski definition) is 6. The Labute approximate surface area is 173 Å². The summed E-state index contributed by atoms with van der Waals surface area (Å²) in [7, 11) is 0. The lowest BCUT2D eigenvalue weighted by atomic mass is 10.1. The van der Waals surface area contributed by atoms with Crippen LogP contribution in [0.5, 0.6) is 5.75 Å². The van der Waals surface area contributed by atoms with Crippen LogP contribution < -0.4 is 26.6 Å². The van der Waals surface area contributed by atoms with Crippen LogP contribution in [0.4, 0.5) is 13.6 Å². The highest BCUT2D eigenvalue weighted by molar-refractivity contribution is 5.99. The predicted molar refractivity (Wildman–Crippen MR) is 105 cm³/mol. The molecule has 0 aromatic heterocycles. The maximum atomic E-state index is 12.5. The summed E-state index contributed by atoms with van der Waals surface area (Å²) in [5.41, 5.74) is 1.21. The molecule has 0 aliphatic heterocycles. The zero-order valence-electron chi connectivity index (χ0n) is 17.2. The summed E-state index contributed by atoms with van der Waals surface area (Å²) >= 11 is 0. The fraction of sp³-hybridized carbons (Fsp3) is 0.526. The van der Waals surface area contributed by atoms with E-state index in [4.69, 9.17) is 10.6 Å². The molecule has 1 unspecified atom stereocenters.